The van der Waals surface area contributed by atoms with Crippen molar-refractivity contribution >= 4 is 46.0 Å². The molecule has 0 spiro atoms. The lowest BCUT2D eigenvalue weighted by Crippen LogP contribution is -2.50. The Bertz CT molecular complexity index is 1380. The second-order valence-electron chi connectivity index (χ2n) is 8.05. The van der Waals surface area contributed by atoms with Crippen LogP contribution in [0.3, 0.4) is 0 Å². The first kappa shape index (κ1) is 22.5. The number of anilines is 1. The lowest BCUT2D eigenvalue weighted by Gasteiger charge is -2.37. The van der Waals surface area contributed by atoms with Crippen LogP contribution in [0.25, 0.3) is 16.7 Å². The summed E-state index contributed by atoms with van der Waals surface area (Å²) in [5.41, 5.74) is 2.00. The maximum absolute atomic E-state index is 13.1. The van der Waals surface area contributed by atoms with Gasteiger partial charge < -0.3 is 14.8 Å². The van der Waals surface area contributed by atoms with Crippen molar-refractivity contribution in [1.29, 1.82) is 0 Å². The Morgan fingerprint density at radius 1 is 1.06 bits per heavy atom. The van der Waals surface area contributed by atoms with Crippen LogP contribution in [0.1, 0.15) is 6.92 Å². The number of carbonyl (C=O) groups excluding carboxylic acids is 1. The van der Waals surface area contributed by atoms with Gasteiger partial charge in [-0.3, -0.25) is 9.59 Å². The predicted octanol–water partition coefficient (Wildman–Crippen LogP) is 3.59. The number of H-pyrrole nitrogens is 1. The van der Waals surface area contributed by atoms with E-state index >= 15 is 0 Å². The Kier molecular flexibility index (Phi) is 6.30. The first-order valence-electron chi connectivity index (χ1n) is 11.0. The van der Waals surface area contributed by atoms with Gasteiger partial charge in [0.15, 0.2) is 10.8 Å². The van der Waals surface area contributed by atoms with E-state index in [1.165, 1.54) is 23.6 Å². The highest BCUT2D eigenvalue weighted by Gasteiger charge is 2.26. The molecule has 10 heteroatoms. The lowest BCUT2D eigenvalue weighted by molar-refractivity contribution is -0.130. The van der Waals surface area contributed by atoms with Crippen LogP contribution < -0.4 is 10.5 Å². The fraction of sp³-hybridized carbons (Fsp3) is 0.250. The van der Waals surface area contributed by atoms with Crippen molar-refractivity contribution in [3.63, 3.8) is 0 Å². The number of aromatic nitrogens is 4. The number of thioether (sulfide) groups is 1. The Hall–Kier alpha value is -3.30. The highest BCUT2D eigenvalue weighted by Crippen LogP contribution is 2.24. The monoisotopic (exact) mass is 494 g/mol. The maximum Gasteiger partial charge on any atom is 0.262 e. The van der Waals surface area contributed by atoms with Gasteiger partial charge in [-0.1, -0.05) is 47.6 Å². The van der Waals surface area contributed by atoms with Gasteiger partial charge in [0.05, 0.1) is 17.1 Å². The molecule has 2 aromatic heterocycles. The molecule has 0 unspecified atom stereocenters. The molecule has 2 aromatic carbocycles. The minimum atomic E-state index is -0.397. The molecule has 1 aliphatic rings. The van der Waals surface area contributed by atoms with Crippen LogP contribution >= 0.6 is 23.4 Å². The Morgan fingerprint density at radius 2 is 1.79 bits per heavy atom. The number of piperazine rings is 1. The summed E-state index contributed by atoms with van der Waals surface area (Å²) in [7, 11) is 0. The van der Waals surface area contributed by atoms with Gasteiger partial charge in [-0.2, -0.15) is 5.10 Å². The summed E-state index contributed by atoms with van der Waals surface area (Å²) in [6.45, 7) is 4.72. The lowest BCUT2D eigenvalue weighted by atomic mass is 10.2. The summed E-state index contributed by atoms with van der Waals surface area (Å²) >= 11 is 7.36. The fourth-order valence-corrected chi connectivity index (χ4v) is 5.11. The first-order valence-corrected chi connectivity index (χ1v) is 12.2. The number of hydrogen-bond acceptors (Lipinski definition) is 6. The summed E-state index contributed by atoms with van der Waals surface area (Å²) in [5.74, 6) is 0.0313. The average molecular weight is 495 g/mol. The molecule has 3 heterocycles. The molecule has 1 N–H and O–H groups in total. The standard InChI is InChI=1S/C24H23ClN6O2S/c1-16(23(33)30-12-10-29(11-13-30)18-7-3-2-4-8-18)34-24-27-21-20(22(32)28-24)15-26-31(21)19-9-5-6-17(25)14-19/h2-9,14-16H,10-13H2,1H3,(H,27,28,32)/t16-/m0/s1. The highest BCUT2D eigenvalue weighted by atomic mass is 35.5. The fourth-order valence-electron chi connectivity index (χ4n) is 4.05. The molecule has 0 saturated carbocycles. The van der Waals surface area contributed by atoms with Crippen molar-refractivity contribution in [2.45, 2.75) is 17.3 Å². The zero-order chi connectivity index (χ0) is 23.7. The Labute approximate surface area is 205 Å². The van der Waals surface area contributed by atoms with Crippen LogP contribution in [-0.2, 0) is 4.79 Å². The number of benzene rings is 2. The minimum Gasteiger partial charge on any atom is -0.368 e. The summed E-state index contributed by atoms with van der Waals surface area (Å²) in [5, 5.41) is 5.24. The largest absolute Gasteiger partial charge is 0.368 e. The number of halogens is 1. The predicted molar refractivity (Wildman–Crippen MR) is 135 cm³/mol. The van der Waals surface area contributed by atoms with E-state index in [4.69, 9.17) is 11.6 Å². The third-order valence-corrected chi connectivity index (χ3v) is 7.02. The number of para-hydroxylation sites is 1. The van der Waals surface area contributed by atoms with Gasteiger partial charge in [0.25, 0.3) is 5.56 Å². The van der Waals surface area contributed by atoms with Gasteiger partial charge >= 0.3 is 0 Å². The first-order chi connectivity index (χ1) is 16.5. The smallest absolute Gasteiger partial charge is 0.262 e. The number of rotatable bonds is 5. The zero-order valence-electron chi connectivity index (χ0n) is 18.5. The average Bonchev–Trinajstić information content (AvgIpc) is 3.29. The molecule has 0 radical (unpaired) electrons. The molecule has 8 nitrogen and oxygen atoms in total. The number of nitrogens with one attached hydrogen (secondary N) is 1. The van der Waals surface area contributed by atoms with E-state index in [0.717, 1.165) is 13.1 Å². The van der Waals surface area contributed by atoms with Crippen molar-refractivity contribution < 1.29 is 4.79 Å². The van der Waals surface area contributed by atoms with E-state index in [9.17, 15) is 9.59 Å². The molecule has 0 aliphatic carbocycles. The molecule has 1 aliphatic heterocycles. The minimum absolute atomic E-state index is 0.0313. The second-order valence-corrected chi connectivity index (χ2v) is 9.82. The summed E-state index contributed by atoms with van der Waals surface area (Å²) < 4.78 is 1.58. The molecule has 1 fully saturated rings. The zero-order valence-corrected chi connectivity index (χ0v) is 20.1. The van der Waals surface area contributed by atoms with E-state index < -0.39 is 5.25 Å². The van der Waals surface area contributed by atoms with Crippen LogP contribution in [-0.4, -0.2) is 62.0 Å². The van der Waals surface area contributed by atoms with Crippen LogP contribution in [0.4, 0.5) is 5.69 Å². The van der Waals surface area contributed by atoms with Crippen molar-refractivity contribution in [3.8, 4) is 5.69 Å². The quantitative estimate of drug-likeness (QED) is 0.337. The summed E-state index contributed by atoms with van der Waals surface area (Å²) in [6, 6.07) is 17.4. The normalized spacial score (nSPS) is 15.0. The Morgan fingerprint density at radius 3 is 2.53 bits per heavy atom. The topological polar surface area (TPSA) is 87.1 Å². The van der Waals surface area contributed by atoms with Crippen molar-refractivity contribution in [2.75, 3.05) is 31.1 Å². The second kappa shape index (κ2) is 9.52. The van der Waals surface area contributed by atoms with Gasteiger partial charge in [0.1, 0.15) is 5.39 Å². The van der Waals surface area contributed by atoms with E-state index in [2.05, 4.69) is 32.1 Å². The molecule has 174 valence electrons. The van der Waals surface area contributed by atoms with Gasteiger partial charge in [-0.15, -0.1) is 0 Å². The molecule has 5 rings (SSSR count). The van der Waals surface area contributed by atoms with E-state index in [0.29, 0.717) is 40.0 Å². The van der Waals surface area contributed by atoms with Crippen LogP contribution in [0, 0.1) is 0 Å². The van der Waals surface area contributed by atoms with Gasteiger partial charge in [0, 0.05) is 36.9 Å². The van der Waals surface area contributed by atoms with Crippen molar-refractivity contribution in [1.82, 2.24) is 24.6 Å². The maximum atomic E-state index is 13.1. The summed E-state index contributed by atoms with van der Waals surface area (Å²) in [4.78, 5) is 37.3. The van der Waals surface area contributed by atoms with Gasteiger partial charge in [0.2, 0.25) is 5.91 Å². The third kappa shape index (κ3) is 4.53. The van der Waals surface area contributed by atoms with E-state index in [1.807, 2.05) is 42.2 Å². The summed E-state index contributed by atoms with van der Waals surface area (Å²) in [6.07, 6.45) is 1.48. The molecule has 0 bridgehead atoms. The van der Waals surface area contributed by atoms with Crippen molar-refractivity contribution in [3.05, 3.63) is 76.2 Å². The molecular formula is C24H23ClN6O2S. The molecule has 1 amide bonds. The van der Waals surface area contributed by atoms with Crippen LogP contribution in [0.5, 0.6) is 0 Å². The number of aromatic amines is 1. The molecule has 1 saturated heterocycles. The number of fused-ring (bicyclic) bond motifs is 1. The molecule has 1 atom stereocenters. The number of hydrogen-bond donors (Lipinski definition) is 1. The Balaban J connectivity index is 1.30. The van der Waals surface area contributed by atoms with Crippen molar-refractivity contribution in [2.24, 2.45) is 0 Å². The third-order valence-electron chi connectivity index (χ3n) is 5.82. The number of amides is 1. The van der Waals surface area contributed by atoms with Crippen LogP contribution in [0.15, 0.2) is 70.7 Å². The van der Waals surface area contributed by atoms with Gasteiger partial charge in [-0.25, -0.2) is 9.67 Å². The number of carbonyl (C=O) groups is 1. The number of nitrogens with zero attached hydrogens (tertiary/aromatic N) is 5. The van der Waals surface area contributed by atoms with Gasteiger partial charge in [-0.05, 0) is 37.3 Å². The van der Waals surface area contributed by atoms with Crippen LogP contribution in [0.2, 0.25) is 5.02 Å². The molecule has 4 aromatic rings. The SMILES string of the molecule is C[C@H](Sc1nc2c(cnn2-c2cccc(Cl)c2)c(=O)[nH]1)C(=O)N1CCN(c2ccccc2)CC1. The van der Waals surface area contributed by atoms with E-state index in [1.54, 1.807) is 16.8 Å². The molecular weight excluding hydrogens is 472 g/mol. The highest BCUT2D eigenvalue weighted by molar-refractivity contribution is 8.00. The molecule has 34 heavy (non-hydrogen) atoms. The van der Waals surface area contributed by atoms with E-state index in [-0.39, 0.29) is 11.5 Å².